The lowest BCUT2D eigenvalue weighted by Gasteiger charge is -2.29. The Morgan fingerprint density at radius 3 is 2.41 bits per heavy atom. The van der Waals surface area contributed by atoms with Gasteiger partial charge in [0.25, 0.3) is 5.91 Å². The summed E-state index contributed by atoms with van der Waals surface area (Å²) in [4.78, 5) is 48.0. The molecule has 0 heterocycles. The quantitative estimate of drug-likeness (QED) is 0.0778. The van der Waals surface area contributed by atoms with Crippen molar-refractivity contribution in [2.24, 2.45) is 5.92 Å². The van der Waals surface area contributed by atoms with Crippen LogP contribution in [0.1, 0.15) is 68.8 Å². The normalized spacial score (nSPS) is 12.2. The van der Waals surface area contributed by atoms with Crippen molar-refractivity contribution in [2.45, 2.75) is 65.3 Å². The minimum Gasteiger partial charge on any atom is -0.494 e. The zero-order valence-corrected chi connectivity index (χ0v) is 22.8. The van der Waals surface area contributed by atoms with E-state index in [0.29, 0.717) is 47.8 Å². The summed E-state index contributed by atoms with van der Waals surface area (Å²) in [5.41, 5.74) is 2.45. The molecule has 10 heteroatoms. The fourth-order valence-corrected chi connectivity index (χ4v) is 4.46. The lowest BCUT2D eigenvalue weighted by molar-refractivity contribution is -0.168. The van der Waals surface area contributed by atoms with Crippen LogP contribution >= 0.6 is 0 Å². The molecule has 0 radical (unpaired) electrons. The molecule has 0 saturated heterocycles. The highest BCUT2D eigenvalue weighted by Crippen LogP contribution is 2.28. The lowest BCUT2D eigenvalue weighted by Crippen LogP contribution is -2.47. The Bertz CT molecular complexity index is 1120. The van der Waals surface area contributed by atoms with Gasteiger partial charge in [0.2, 0.25) is 12.3 Å². The predicted molar refractivity (Wildman–Crippen MR) is 146 cm³/mol. The van der Waals surface area contributed by atoms with Crippen LogP contribution in [0.3, 0.4) is 0 Å². The summed E-state index contributed by atoms with van der Waals surface area (Å²) in [6, 6.07) is 11.5. The molecule has 212 valence electrons. The van der Waals surface area contributed by atoms with Gasteiger partial charge in [0.1, 0.15) is 5.75 Å². The third kappa shape index (κ3) is 9.40. The Labute approximate surface area is 229 Å². The Morgan fingerprint density at radius 1 is 1.03 bits per heavy atom. The number of ether oxygens (including phenoxy) is 1. The second-order valence-corrected chi connectivity index (χ2v) is 9.19. The molecule has 0 aliphatic carbocycles. The van der Waals surface area contributed by atoms with Crippen LogP contribution in [0.25, 0.3) is 11.1 Å². The first-order chi connectivity index (χ1) is 18.7. The van der Waals surface area contributed by atoms with Crippen LogP contribution in [-0.2, 0) is 20.8 Å². The van der Waals surface area contributed by atoms with Crippen LogP contribution in [0.5, 0.6) is 5.75 Å². The van der Waals surface area contributed by atoms with E-state index in [0.717, 1.165) is 30.4 Å². The monoisotopic (exact) mass is 541 g/mol. The molecule has 2 aromatic rings. The molecule has 2 atom stereocenters. The van der Waals surface area contributed by atoms with Crippen LogP contribution in [0.2, 0.25) is 0 Å². The van der Waals surface area contributed by atoms with E-state index < -0.39 is 23.8 Å². The molecule has 0 aromatic heterocycles. The first kappa shape index (κ1) is 31.3. The van der Waals surface area contributed by atoms with Crippen molar-refractivity contribution in [3.63, 3.8) is 0 Å². The smallest absolute Gasteiger partial charge is 0.307 e. The van der Waals surface area contributed by atoms with Crippen molar-refractivity contribution in [3.05, 3.63) is 53.6 Å². The van der Waals surface area contributed by atoms with Gasteiger partial charge in [0.15, 0.2) is 0 Å². The van der Waals surface area contributed by atoms with Gasteiger partial charge >= 0.3 is 5.97 Å². The van der Waals surface area contributed by atoms with Gasteiger partial charge in [-0.15, -0.1) is 0 Å². The van der Waals surface area contributed by atoms with Gasteiger partial charge in [0.05, 0.1) is 31.7 Å². The topological polar surface area (TPSA) is 145 Å². The molecule has 4 N–H and O–H groups in total. The molecule has 2 aromatic carbocycles. The molecule has 0 bridgehead atoms. The van der Waals surface area contributed by atoms with Crippen molar-refractivity contribution < 1.29 is 34.2 Å². The highest BCUT2D eigenvalue weighted by atomic mass is 16.5. The fraction of sp³-hybridized carbons (Fsp3) is 0.448. The van der Waals surface area contributed by atoms with Crippen LogP contribution in [0.15, 0.2) is 42.5 Å². The number of rotatable bonds is 17. The standard InChI is InChI=1S/C29H39N3O7/c1-4-7-8-12-24(25(5-2)32(38)19-33)29(37)31-18-30-28(36)23-11-9-10-20(15-23)21-13-14-22(17-27(34)35)26(16-21)39-6-3/h9-11,13-16,19,24-25,38H,4-8,12,17-18H2,1-3H3,(H,30,36)(H,31,37)(H,34,35)/t24-,25-/m1/s1. The lowest BCUT2D eigenvalue weighted by atomic mass is 9.90. The highest BCUT2D eigenvalue weighted by Gasteiger charge is 2.30. The van der Waals surface area contributed by atoms with E-state index in [-0.39, 0.29) is 19.0 Å². The first-order valence-electron chi connectivity index (χ1n) is 13.3. The van der Waals surface area contributed by atoms with Crippen molar-refractivity contribution in [3.8, 4) is 16.9 Å². The molecule has 3 amide bonds. The summed E-state index contributed by atoms with van der Waals surface area (Å²) < 4.78 is 5.63. The van der Waals surface area contributed by atoms with Gasteiger partial charge in [0, 0.05) is 11.1 Å². The summed E-state index contributed by atoms with van der Waals surface area (Å²) >= 11 is 0. The third-order valence-electron chi connectivity index (χ3n) is 6.46. The zero-order valence-electron chi connectivity index (χ0n) is 22.8. The van der Waals surface area contributed by atoms with E-state index in [4.69, 9.17) is 9.84 Å². The number of carbonyl (C=O) groups is 4. The molecule has 0 saturated carbocycles. The molecule has 2 rings (SSSR count). The van der Waals surface area contributed by atoms with Gasteiger partial charge in [-0.25, -0.2) is 5.06 Å². The maximum Gasteiger partial charge on any atom is 0.307 e. The number of aliphatic carboxylic acids is 1. The fourth-order valence-electron chi connectivity index (χ4n) is 4.46. The number of unbranched alkanes of at least 4 members (excludes halogenated alkanes) is 2. The number of carbonyl (C=O) groups excluding carboxylic acids is 3. The summed E-state index contributed by atoms with van der Waals surface area (Å²) in [5.74, 6) is -1.83. The van der Waals surface area contributed by atoms with E-state index in [1.54, 1.807) is 43.3 Å². The van der Waals surface area contributed by atoms with Crippen molar-refractivity contribution in [1.29, 1.82) is 0 Å². The Morgan fingerprint density at radius 2 is 1.77 bits per heavy atom. The maximum atomic E-state index is 12.9. The van der Waals surface area contributed by atoms with E-state index in [9.17, 15) is 24.4 Å². The zero-order chi connectivity index (χ0) is 28.8. The van der Waals surface area contributed by atoms with Crippen LogP contribution in [0, 0.1) is 5.92 Å². The number of benzene rings is 2. The molecule has 10 nitrogen and oxygen atoms in total. The number of carboxylic acid groups (broad SMARTS) is 1. The molecule has 0 fully saturated rings. The molecule has 0 unspecified atom stereocenters. The molecule has 0 spiro atoms. The number of hydroxylamine groups is 2. The average Bonchev–Trinajstić information content (AvgIpc) is 2.93. The molecule has 39 heavy (non-hydrogen) atoms. The van der Waals surface area contributed by atoms with E-state index in [1.165, 1.54) is 0 Å². The van der Waals surface area contributed by atoms with Crippen LogP contribution < -0.4 is 15.4 Å². The molecular weight excluding hydrogens is 502 g/mol. The Kier molecular flexibility index (Phi) is 12.9. The average molecular weight is 542 g/mol. The number of hydrogen-bond acceptors (Lipinski definition) is 6. The van der Waals surface area contributed by atoms with Crippen LogP contribution in [-0.4, -0.2) is 58.9 Å². The number of carboxylic acids is 1. The van der Waals surface area contributed by atoms with Gasteiger partial charge in [-0.1, -0.05) is 57.4 Å². The number of nitrogens with one attached hydrogen (secondary N) is 2. The van der Waals surface area contributed by atoms with Crippen molar-refractivity contribution in [1.82, 2.24) is 15.7 Å². The van der Waals surface area contributed by atoms with Crippen molar-refractivity contribution >= 4 is 24.2 Å². The summed E-state index contributed by atoms with van der Waals surface area (Å²) in [6.07, 6.45) is 3.73. The SMILES string of the molecule is CCCCC[C@@H](C(=O)NCNC(=O)c1cccc(-c2ccc(CC(=O)O)c(OCC)c2)c1)[C@@H](CC)N(O)C=O. The van der Waals surface area contributed by atoms with Gasteiger partial charge < -0.3 is 20.5 Å². The van der Waals surface area contributed by atoms with Gasteiger partial charge in [-0.3, -0.25) is 24.4 Å². The number of amides is 3. The van der Waals surface area contributed by atoms with E-state index in [1.807, 2.05) is 19.9 Å². The largest absolute Gasteiger partial charge is 0.494 e. The summed E-state index contributed by atoms with van der Waals surface area (Å²) in [7, 11) is 0. The summed E-state index contributed by atoms with van der Waals surface area (Å²) in [5, 5.41) is 25.0. The minimum absolute atomic E-state index is 0.118. The van der Waals surface area contributed by atoms with Gasteiger partial charge in [-0.2, -0.15) is 0 Å². The minimum atomic E-state index is -0.954. The molecular formula is C29H39N3O7. The van der Waals surface area contributed by atoms with Crippen LogP contribution in [0.4, 0.5) is 0 Å². The Balaban J connectivity index is 2.09. The number of nitrogens with zero attached hydrogens (tertiary/aromatic N) is 1. The predicted octanol–water partition coefficient (Wildman–Crippen LogP) is 4.01. The van der Waals surface area contributed by atoms with E-state index >= 15 is 0 Å². The van der Waals surface area contributed by atoms with Crippen molar-refractivity contribution in [2.75, 3.05) is 13.3 Å². The summed E-state index contributed by atoms with van der Waals surface area (Å²) in [6.45, 7) is 5.93. The molecule has 0 aliphatic heterocycles. The third-order valence-corrected chi connectivity index (χ3v) is 6.46. The van der Waals surface area contributed by atoms with Gasteiger partial charge in [-0.05, 0) is 49.1 Å². The van der Waals surface area contributed by atoms with E-state index in [2.05, 4.69) is 10.6 Å². The molecule has 0 aliphatic rings. The maximum absolute atomic E-state index is 12.9. The second kappa shape index (κ2) is 16.1. The first-order valence-corrected chi connectivity index (χ1v) is 13.3. The number of hydrogen-bond donors (Lipinski definition) is 4. The highest BCUT2D eigenvalue weighted by molar-refractivity contribution is 5.95. The Hall–Kier alpha value is -3.92. The second-order valence-electron chi connectivity index (χ2n) is 9.19.